The van der Waals surface area contributed by atoms with E-state index in [0.717, 1.165) is 4.40 Å². The second-order valence-corrected chi connectivity index (χ2v) is 5.68. The van der Waals surface area contributed by atoms with Crippen LogP contribution in [0.5, 0.6) is 11.5 Å². The molecule has 0 saturated carbocycles. The molecule has 0 spiro atoms. The molecule has 0 radical (unpaired) electrons. The molecule has 2 aromatic heterocycles. The van der Waals surface area contributed by atoms with Crippen LogP contribution in [0.15, 0.2) is 53.5 Å². The van der Waals surface area contributed by atoms with E-state index in [1.165, 1.54) is 6.20 Å². The van der Waals surface area contributed by atoms with E-state index in [1.807, 2.05) is 12.1 Å². The third-order valence-corrected chi connectivity index (χ3v) is 3.96. The van der Waals surface area contributed by atoms with E-state index >= 15 is 0 Å². The third kappa shape index (κ3) is 2.79. The average molecular weight is 354 g/mol. The van der Waals surface area contributed by atoms with Gasteiger partial charge in [-0.1, -0.05) is 18.2 Å². The number of nitrogens with one attached hydrogen (secondary N) is 1. The number of nitrogens with zero attached hydrogens (tertiary/aromatic N) is 3. The van der Waals surface area contributed by atoms with E-state index in [1.54, 1.807) is 30.3 Å². The van der Waals surface area contributed by atoms with Crippen molar-refractivity contribution in [3.8, 4) is 11.5 Å². The van der Waals surface area contributed by atoms with Gasteiger partial charge in [0.25, 0.3) is 0 Å². The Morgan fingerprint density at radius 1 is 1.23 bits per heavy atom. The summed E-state index contributed by atoms with van der Waals surface area (Å²) in [6.07, 6.45) is 1.07. The molecule has 4 rings (SSSR count). The van der Waals surface area contributed by atoms with Gasteiger partial charge < -0.3 is 14.8 Å². The van der Waals surface area contributed by atoms with Crippen molar-refractivity contribution >= 4 is 17.2 Å². The molecule has 1 aliphatic rings. The number of pyridine rings is 1. The van der Waals surface area contributed by atoms with E-state index < -0.39 is 16.2 Å². The Hall–Kier alpha value is -3.62. The van der Waals surface area contributed by atoms with Crippen molar-refractivity contribution in [3.63, 3.8) is 0 Å². The summed E-state index contributed by atoms with van der Waals surface area (Å²) in [5, 5.41) is 14.2. The van der Waals surface area contributed by atoms with Crippen molar-refractivity contribution in [2.75, 3.05) is 18.5 Å². The molecule has 3 aromatic rings. The van der Waals surface area contributed by atoms with Gasteiger partial charge in [0.05, 0.1) is 11.5 Å². The first-order chi connectivity index (χ1) is 12.6. The minimum absolute atomic E-state index is 0.0892. The summed E-state index contributed by atoms with van der Waals surface area (Å²) < 4.78 is 12.6. The highest BCUT2D eigenvalue weighted by molar-refractivity contribution is 5.59. The SMILES string of the molecule is O=c1c([N+](=O)[O-])c(NCC2COc3ccccc3O2)nc2ccccn12. The van der Waals surface area contributed by atoms with Crippen LogP contribution in [0.4, 0.5) is 11.5 Å². The molecule has 1 atom stereocenters. The highest BCUT2D eigenvalue weighted by atomic mass is 16.6. The van der Waals surface area contributed by atoms with Gasteiger partial charge >= 0.3 is 11.2 Å². The zero-order chi connectivity index (χ0) is 18.1. The zero-order valence-electron chi connectivity index (χ0n) is 13.5. The Labute approximate surface area is 147 Å². The van der Waals surface area contributed by atoms with Crippen LogP contribution in [0.1, 0.15) is 0 Å². The van der Waals surface area contributed by atoms with Gasteiger partial charge in [-0.3, -0.25) is 19.3 Å². The number of rotatable bonds is 4. The van der Waals surface area contributed by atoms with Crippen molar-refractivity contribution in [1.29, 1.82) is 0 Å². The lowest BCUT2D eigenvalue weighted by Crippen LogP contribution is -2.36. The number of fused-ring (bicyclic) bond motifs is 2. The molecular formula is C17H14N4O5. The quantitative estimate of drug-likeness (QED) is 0.563. The smallest absolute Gasteiger partial charge is 0.376 e. The highest BCUT2D eigenvalue weighted by Crippen LogP contribution is 2.31. The first kappa shape index (κ1) is 15.9. The predicted molar refractivity (Wildman–Crippen MR) is 93.0 cm³/mol. The summed E-state index contributed by atoms with van der Waals surface area (Å²) >= 11 is 0. The van der Waals surface area contributed by atoms with Crippen molar-refractivity contribution in [2.45, 2.75) is 6.10 Å². The topological polar surface area (TPSA) is 108 Å². The molecule has 3 heterocycles. The molecule has 0 amide bonds. The van der Waals surface area contributed by atoms with Crippen molar-refractivity contribution in [3.05, 3.63) is 69.1 Å². The van der Waals surface area contributed by atoms with Gasteiger partial charge in [-0.15, -0.1) is 0 Å². The second-order valence-electron chi connectivity index (χ2n) is 5.68. The molecule has 9 heteroatoms. The Bertz CT molecular complexity index is 1050. The maximum Gasteiger partial charge on any atom is 0.376 e. The van der Waals surface area contributed by atoms with Gasteiger partial charge in [-0.25, -0.2) is 4.98 Å². The summed E-state index contributed by atoms with van der Waals surface area (Å²) in [7, 11) is 0. The Kier molecular flexibility index (Phi) is 3.88. The predicted octanol–water partition coefficient (Wildman–Crippen LogP) is 1.85. The lowest BCUT2D eigenvalue weighted by Gasteiger charge is -2.26. The molecule has 0 bridgehead atoms. The van der Waals surface area contributed by atoms with Crippen molar-refractivity contribution in [2.24, 2.45) is 0 Å². The molecule has 26 heavy (non-hydrogen) atoms. The Morgan fingerprint density at radius 3 is 2.81 bits per heavy atom. The summed E-state index contributed by atoms with van der Waals surface area (Å²) in [4.78, 5) is 27.2. The third-order valence-electron chi connectivity index (χ3n) is 3.96. The zero-order valence-corrected chi connectivity index (χ0v) is 13.5. The van der Waals surface area contributed by atoms with Gasteiger partial charge in [0.1, 0.15) is 18.4 Å². The summed E-state index contributed by atoms with van der Waals surface area (Å²) in [6, 6.07) is 12.2. The molecule has 9 nitrogen and oxygen atoms in total. The minimum Gasteiger partial charge on any atom is -0.486 e. The first-order valence-corrected chi connectivity index (χ1v) is 7.91. The van der Waals surface area contributed by atoms with Crippen LogP contribution in [-0.2, 0) is 0 Å². The normalized spacial score (nSPS) is 15.6. The van der Waals surface area contributed by atoms with Crippen LogP contribution < -0.4 is 20.3 Å². The molecule has 1 aromatic carbocycles. The minimum atomic E-state index is -0.741. The number of hydrogen-bond donors (Lipinski definition) is 1. The molecule has 0 saturated heterocycles. The molecule has 0 aliphatic carbocycles. The van der Waals surface area contributed by atoms with E-state index in [2.05, 4.69) is 10.3 Å². The van der Waals surface area contributed by atoms with Crippen LogP contribution in [0.3, 0.4) is 0 Å². The standard InChI is InChI=1S/C17H14N4O5/c22-17-15(21(23)24)16(19-14-7-3-4-8-20(14)17)18-9-11-10-25-12-5-1-2-6-13(12)26-11/h1-8,11,18H,9-10H2. The summed E-state index contributed by atoms with van der Waals surface area (Å²) in [5.41, 5.74) is -1.03. The fraction of sp³-hybridized carbons (Fsp3) is 0.176. The average Bonchev–Trinajstić information content (AvgIpc) is 2.66. The van der Waals surface area contributed by atoms with E-state index in [9.17, 15) is 14.9 Å². The number of hydrogen-bond acceptors (Lipinski definition) is 7. The molecule has 0 fully saturated rings. The van der Waals surface area contributed by atoms with Crippen LogP contribution in [0, 0.1) is 10.1 Å². The van der Waals surface area contributed by atoms with Crippen LogP contribution in [-0.4, -0.2) is 33.6 Å². The lowest BCUT2D eigenvalue weighted by molar-refractivity contribution is -0.385. The van der Waals surface area contributed by atoms with E-state index in [0.29, 0.717) is 17.1 Å². The molecule has 1 aliphatic heterocycles. The van der Waals surface area contributed by atoms with Crippen LogP contribution >= 0.6 is 0 Å². The maximum absolute atomic E-state index is 12.4. The first-order valence-electron chi connectivity index (χ1n) is 7.91. The van der Waals surface area contributed by atoms with Gasteiger partial charge in [0, 0.05) is 6.20 Å². The fourth-order valence-corrected chi connectivity index (χ4v) is 2.74. The Morgan fingerprint density at radius 2 is 2.00 bits per heavy atom. The number of aromatic nitrogens is 2. The van der Waals surface area contributed by atoms with Gasteiger partial charge in [0.15, 0.2) is 11.5 Å². The van der Waals surface area contributed by atoms with Crippen LogP contribution in [0.2, 0.25) is 0 Å². The molecule has 132 valence electrons. The Balaban J connectivity index is 1.60. The fourth-order valence-electron chi connectivity index (χ4n) is 2.74. The number of ether oxygens (including phenoxy) is 2. The number of benzene rings is 1. The summed E-state index contributed by atoms with van der Waals surface area (Å²) in [6.45, 7) is 0.481. The monoisotopic (exact) mass is 354 g/mol. The second kappa shape index (κ2) is 6.36. The molecule has 1 unspecified atom stereocenters. The van der Waals surface area contributed by atoms with Crippen molar-refractivity contribution < 1.29 is 14.4 Å². The number of para-hydroxylation sites is 2. The maximum atomic E-state index is 12.4. The van der Waals surface area contributed by atoms with Gasteiger partial charge in [0.2, 0.25) is 5.82 Å². The lowest BCUT2D eigenvalue weighted by atomic mass is 10.2. The van der Waals surface area contributed by atoms with Crippen LogP contribution in [0.25, 0.3) is 5.65 Å². The van der Waals surface area contributed by atoms with Gasteiger partial charge in [-0.05, 0) is 24.3 Å². The highest BCUT2D eigenvalue weighted by Gasteiger charge is 2.26. The summed E-state index contributed by atoms with van der Waals surface area (Å²) in [5.74, 6) is 1.16. The van der Waals surface area contributed by atoms with Gasteiger partial charge in [-0.2, -0.15) is 0 Å². The van der Waals surface area contributed by atoms with Crippen molar-refractivity contribution in [1.82, 2.24) is 9.38 Å². The van der Waals surface area contributed by atoms with E-state index in [4.69, 9.17) is 9.47 Å². The van der Waals surface area contributed by atoms with E-state index in [-0.39, 0.29) is 25.1 Å². The number of anilines is 1. The number of nitro groups is 1. The molecule has 1 N–H and O–H groups in total. The molecular weight excluding hydrogens is 340 g/mol. The largest absolute Gasteiger partial charge is 0.486 e.